The Morgan fingerprint density at radius 2 is 1.92 bits per heavy atom. The highest BCUT2D eigenvalue weighted by Gasteiger charge is 2.30. The topological polar surface area (TPSA) is 12.0 Å². The third-order valence-corrected chi connectivity index (χ3v) is 1.96. The zero-order valence-corrected chi connectivity index (χ0v) is 7.71. The molecular formula is C8H8F3NS. The van der Waals surface area contributed by atoms with Crippen LogP contribution in [0.2, 0.25) is 0 Å². The lowest BCUT2D eigenvalue weighted by Gasteiger charge is -2.09. The summed E-state index contributed by atoms with van der Waals surface area (Å²) >= 11 is 3.92. The van der Waals surface area contributed by atoms with Crippen LogP contribution in [0.4, 0.5) is 18.9 Å². The van der Waals surface area contributed by atoms with Gasteiger partial charge in [-0.1, -0.05) is 0 Å². The van der Waals surface area contributed by atoms with E-state index in [1.165, 1.54) is 6.07 Å². The van der Waals surface area contributed by atoms with Gasteiger partial charge in [-0.3, -0.25) is 0 Å². The number of thiol groups is 1. The summed E-state index contributed by atoms with van der Waals surface area (Å²) in [5, 5.41) is 2.73. The quantitative estimate of drug-likeness (QED) is 0.674. The van der Waals surface area contributed by atoms with E-state index in [-0.39, 0.29) is 4.90 Å². The number of alkyl halides is 3. The monoisotopic (exact) mass is 207 g/mol. The van der Waals surface area contributed by atoms with Gasteiger partial charge < -0.3 is 5.32 Å². The largest absolute Gasteiger partial charge is 0.416 e. The number of hydrogen-bond acceptors (Lipinski definition) is 2. The summed E-state index contributed by atoms with van der Waals surface area (Å²) in [4.78, 5) is 0.289. The second kappa shape index (κ2) is 3.49. The number of halogens is 3. The van der Waals surface area contributed by atoms with Gasteiger partial charge in [-0.05, 0) is 18.2 Å². The Labute approximate surface area is 79.4 Å². The van der Waals surface area contributed by atoms with Crippen LogP contribution in [0.25, 0.3) is 0 Å². The first-order chi connectivity index (χ1) is 5.95. The molecule has 0 radical (unpaired) electrons. The Kier molecular flexibility index (Phi) is 2.75. The molecule has 0 unspecified atom stereocenters. The maximum Gasteiger partial charge on any atom is 0.416 e. The number of rotatable bonds is 1. The van der Waals surface area contributed by atoms with Crippen molar-refractivity contribution in [2.24, 2.45) is 0 Å². The zero-order valence-electron chi connectivity index (χ0n) is 6.81. The van der Waals surface area contributed by atoms with E-state index in [2.05, 4.69) is 17.9 Å². The van der Waals surface area contributed by atoms with E-state index in [4.69, 9.17) is 0 Å². The molecule has 1 aromatic rings. The van der Waals surface area contributed by atoms with E-state index in [0.29, 0.717) is 5.69 Å². The molecule has 1 aromatic carbocycles. The Morgan fingerprint density at radius 3 is 2.31 bits per heavy atom. The average Bonchev–Trinajstić information content (AvgIpc) is 2.02. The molecule has 0 aliphatic carbocycles. The van der Waals surface area contributed by atoms with Crippen LogP contribution in [0.15, 0.2) is 23.1 Å². The minimum atomic E-state index is -4.30. The number of anilines is 1. The molecule has 0 aromatic heterocycles. The van der Waals surface area contributed by atoms with Crippen molar-refractivity contribution in [1.82, 2.24) is 0 Å². The Balaban J connectivity index is 3.10. The van der Waals surface area contributed by atoms with Gasteiger partial charge in [0.1, 0.15) is 0 Å². The zero-order chi connectivity index (χ0) is 10.1. The van der Waals surface area contributed by atoms with Crippen LogP contribution >= 0.6 is 12.6 Å². The third kappa shape index (κ3) is 2.30. The van der Waals surface area contributed by atoms with Crippen molar-refractivity contribution in [1.29, 1.82) is 0 Å². The molecule has 1 nitrogen and oxygen atoms in total. The van der Waals surface area contributed by atoms with Gasteiger partial charge in [0.15, 0.2) is 0 Å². The lowest BCUT2D eigenvalue weighted by Crippen LogP contribution is -2.05. The summed E-state index contributed by atoms with van der Waals surface area (Å²) in [6.45, 7) is 0. The molecule has 0 aliphatic heterocycles. The molecule has 0 spiro atoms. The Morgan fingerprint density at radius 1 is 1.31 bits per heavy atom. The highest BCUT2D eigenvalue weighted by molar-refractivity contribution is 7.80. The van der Waals surface area contributed by atoms with Crippen molar-refractivity contribution in [2.75, 3.05) is 12.4 Å². The summed E-state index contributed by atoms with van der Waals surface area (Å²) in [6, 6.07) is 3.37. The summed E-state index contributed by atoms with van der Waals surface area (Å²) in [5.41, 5.74) is -0.104. The molecule has 0 heterocycles. The minimum Gasteiger partial charge on any atom is -0.387 e. The van der Waals surface area contributed by atoms with Crippen LogP contribution in [0.3, 0.4) is 0 Å². The van der Waals surface area contributed by atoms with Crippen LogP contribution in [0, 0.1) is 0 Å². The molecule has 1 N–H and O–H groups in total. The summed E-state index contributed by atoms with van der Waals surface area (Å²) in [5.74, 6) is 0. The van der Waals surface area contributed by atoms with Crippen molar-refractivity contribution in [3.8, 4) is 0 Å². The van der Waals surface area contributed by atoms with Gasteiger partial charge in [0.25, 0.3) is 0 Å². The first-order valence-corrected chi connectivity index (χ1v) is 3.98. The molecular weight excluding hydrogens is 199 g/mol. The van der Waals surface area contributed by atoms with Crippen LogP contribution < -0.4 is 5.32 Å². The maximum atomic E-state index is 12.1. The summed E-state index contributed by atoms with van der Waals surface area (Å²) in [7, 11) is 1.63. The molecule has 0 aliphatic rings. The summed E-state index contributed by atoms with van der Waals surface area (Å²) in [6.07, 6.45) is -4.30. The van der Waals surface area contributed by atoms with E-state index < -0.39 is 11.7 Å². The SMILES string of the molecule is CNc1ccc(C(F)(F)F)cc1S. The second-order valence-electron chi connectivity index (χ2n) is 2.48. The second-order valence-corrected chi connectivity index (χ2v) is 2.96. The molecule has 0 saturated heterocycles. The van der Waals surface area contributed by atoms with Gasteiger partial charge in [-0.2, -0.15) is 13.2 Å². The molecule has 0 amide bonds. The fraction of sp³-hybridized carbons (Fsp3) is 0.250. The van der Waals surface area contributed by atoms with E-state index >= 15 is 0 Å². The molecule has 5 heteroatoms. The number of nitrogens with one attached hydrogen (secondary N) is 1. The van der Waals surface area contributed by atoms with E-state index in [9.17, 15) is 13.2 Å². The fourth-order valence-corrected chi connectivity index (χ4v) is 1.24. The highest BCUT2D eigenvalue weighted by Crippen LogP contribution is 2.32. The molecule has 72 valence electrons. The normalized spacial score (nSPS) is 11.5. The highest BCUT2D eigenvalue weighted by atomic mass is 32.1. The van der Waals surface area contributed by atoms with Gasteiger partial charge in [0.2, 0.25) is 0 Å². The third-order valence-electron chi connectivity index (χ3n) is 1.59. The summed E-state index contributed by atoms with van der Waals surface area (Å²) < 4.78 is 36.4. The van der Waals surface area contributed by atoms with Crippen molar-refractivity contribution >= 4 is 18.3 Å². The molecule has 13 heavy (non-hydrogen) atoms. The Hall–Kier alpha value is -0.840. The molecule has 0 bridgehead atoms. The number of hydrogen-bond donors (Lipinski definition) is 2. The van der Waals surface area contributed by atoms with Gasteiger partial charge in [0.05, 0.1) is 5.56 Å². The van der Waals surface area contributed by atoms with Gasteiger partial charge >= 0.3 is 6.18 Å². The van der Waals surface area contributed by atoms with Crippen molar-refractivity contribution in [3.05, 3.63) is 23.8 Å². The predicted molar refractivity (Wildman–Crippen MR) is 48.2 cm³/mol. The molecule has 0 fully saturated rings. The first kappa shape index (κ1) is 10.2. The van der Waals surface area contributed by atoms with E-state index in [0.717, 1.165) is 12.1 Å². The van der Waals surface area contributed by atoms with Crippen LogP contribution in [-0.2, 0) is 6.18 Å². The molecule has 1 rings (SSSR count). The fourth-order valence-electron chi connectivity index (χ4n) is 0.919. The lowest BCUT2D eigenvalue weighted by molar-refractivity contribution is -0.137. The first-order valence-electron chi connectivity index (χ1n) is 3.53. The van der Waals surface area contributed by atoms with Crippen molar-refractivity contribution < 1.29 is 13.2 Å². The number of benzene rings is 1. The molecule has 0 saturated carbocycles. The predicted octanol–water partition coefficient (Wildman–Crippen LogP) is 3.04. The smallest absolute Gasteiger partial charge is 0.387 e. The van der Waals surface area contributed by atoms with Crippen LogP contribution in [0.1, 0.15) is 5.56 Å². The lowest BCUT2D eigenvalue weighted by atomic mass is 10.2. The van der Waals surface area contributed by atoms with E-state index in [1.54, 1.807) is 7.05 Å². The van der Waals surface area contributed by atoms with Gasteiger partial charge in [-0.25, -0.2) is 0 Å². The Bertz CT molecular complexity index is 309. The minimum absolute atomic E-state index is 0.289. The van der Waals surface area contributed by atoms with Crippen molar-refractivity contribution in [3.63, 3.8) is 0 Å². The van der Waals surface area contributed by atoms with Gasteiger partial charge in [-0.15, -0.1) is 12.6 Å². The van der Waals surface area contributed by atoms with Crippen LogP contribution in [0.5, 0.6) is 0 Å². The standard InChI is InChI=1S/C8H8F3NS/c1-12-6-3-2-5(4-7(6)13)8(9,10)11/h2-4,12-13H,1H3. The van der Waals surface area contributed by atoms with Crippen molar-refractivity contribution in [2.45, 2.75) is 11.1 Å². The van der Waals surface area contributed by atoms with Gasteiger partial charge in [0, 0.05) is 17.6 Å². The maximum absolute atomic E-state index is 12.1. The average molecular weight is 207 g/mol. The van der Waals surface area contributed by atoms with Crippen LogP contribution in [-0.4, -0.2) is 7.05 Å². The molecule has 0 atom stereocenters. The van der Waals surface area contributed by atoms with E-state index in [1.807, 2.05) is 0 Å².